The molecule has 0 bridgehead atoms. The van der Waals surface area contributed by atoms with Crippen molar-refractivity contribution in [2.45, 2.75) is 58.2 Å². The molecule has 0 atom stereocenters. The lowest BCUT2D eigenvalue weighted by molar-refractivity contribution is 0.104. The molecule has 0 aliphatic heterocycles. The predicted octanol–water partition coefficient (Wildman–Crippen LogP) is 1.93. The van der Waals surface area contributed by atoms with Crippen molar-refractivity contribution >= 4 is 0 Å². The SMILES string of the molecule is CCn1cc(CNC2(CO)CCC(C)CC2)cn1. The minimum Gasteiger partial charge on any atom is -0.394 e. The molecule has 0 radical (unpaired) electrons. The van der Waals surface area contributed by atoms with E-state index in [0.29, 0.717) is 0 Å². The average molecular weight is 251 g/mol. The molecule has 0 saturated heterocycles. The normalized spacial score (nSPS) is 28.5. The van der Waals surface area contributed by atoms with Gasteiger partial charge in [-0.15, -0.1) is 0 Å². The fourth-order valence-electron chi connectivity index (χ4n) is 2.67. The summed E-state index contributed by atoms with van der Waals surface area (Å²) in [6.07, 6.45) is 8.55. The summed E-state index contributed by atoms with van der Waals surface area (Å²) in [5, 5.41) is 17.5. The quantitative estimate of drug-likeness (QED) is 0.841. The summed E-state index contributed by atoms with van der Waals surface area (Å²) in [4.78, 5) is 0. The van der Waals surface area contributed by atoms with Crippen LogP contribution in [0, 0.1) is 5.92 Å². The Bertz CT molecular complexity index is 367. The van der Waals surface area contributed by atoms with E-state index in [1.807, 2.05) is 10.9 Å². The highest BCUT2D eigenvalue weighted by Crippen LogP contribution is 2.31. The average Bonchev–Trinajstić information content (AvgIpc) is 2.87. The number of aliphatic hydroxyl groups excluding tert-OH is 1. The van der Waals surface area contributed by atoms with E-state index in [2.05, 4.69) is 30.5 Å². The first kappa shape index (κ1) is 13.6. The molecule has 0 unspecified atom stereocenters. The van der Waals surface area contributed by atoms with Gasteiger partial charge in [-0.3, -0.25) is 4.68 Å². The van der Waals surface area contributed by atoms with Gasteiger partial charge in [0.05, 0.1) is 12.8 Å². The molecule has 1 aromatic heterocycles. The van der Waals surface area contributed by atoms with Gasteiger partial charge in [0.15, 0.2) is 0 Å². The maximum absolute atomic E-state index is 9.67. The monoisotopic (exact) mass is 251 g/mol. The van der Waals surface area contributed by atoms with Gasteiger partial charge in [0.25, 0.3) is 0 Å². The Morgan fingerprint density at radius 3 is 2.78 bits per heavy atom. The molecule has 2 rings (SSSR count). The van der Waals surface area contributed by atoms with Gasteiger partial charge < -0.3 is 10.4 Å². The second-order valence-corrected chi connectivity index (χ2v) is 5.68. The predicted molar refractivity (Wildman–Crippen MR) is 72.2 cm³/mol. The van der Waals surface area contributed by atoms with Crippen LogP contribution < -0.4 is 5.32 Å². The van der Waals surface area contributed by atoms with Gasteiger partial charge in [0, 0.05) is 30.4 Å². The van der Waals surface area contributed by atoms with Crippen molar-refractivity contribution in [3.8, 4) is 0 Å². The Hall–Kier alpha value is -0.870. The molecule has 1 aliphatic rings. The molecule has 18 heavy (non-hydrogen) atoms. The summed E-state index contributed by atoms with van der Waals surface area (Å²) in [6, 6.07) is 0. The zero-order chi connectivity index (χ0) is 13.0. The van der Waals surface area contributed by atoms with Gasteiger partial charge in [-0.05, 0) is 38.5 Å². The Morgan fingerprint density at radius 1 is 1.50 bits per heavy atom. The molecule has 1 aliphatic carbocycles. The molecule has 1 aromatic rings. The lowest BCUT2D eigenvalue weighted by Crippen LogP contribution is -2.50. The summed E-state index contributed by atoms with van der Waals surface area (Å²) in [5.74, 6) is 0.800. The van der Waals surface area contributed by atoms with Crippen molar-refractivity contribution < 1.29 is 5.11 Å². The number of nitrogens with zero attached hydrogens (tertiary/aromatic N) is 2. The molecule has 1 heterocycles. The number of aromatic nitrogens is 2. The van der Waals surface area contributed by atoms with Crippen molar-refractivity contribution in [2.75, 3.05) is 6.61 Å². The van der Waals surface area contributed by atoms with Crippen LogP contribution in [0.3, 0.4) is 0 Å². The minimum atomic E-state index is -0.0686. The maximum Gasteiger partial charge on any atom is 0.0613 e. The first-order valence-corrected chi connectivity index (χ1v) is 7.04. The number of nitrogens with one attached hydrogen (secondary N) is 1. The van der Waals surface area contributed by atoms with E-state index in [-0.39, 0.29) is 12.1 Å². The van der Waals surface area contributed by atoms with Crippen LogP contribution in [0.1, 0.15) is 45.1 Å². The number of aryl methyl sites for hydroxylation is 1. The molecular formula is C14H25N3O. The number of rotatable bonds is 5. The topological polar surface area (TPSA) is 50.1 Å². The maximum atomic E-state index is 9.67. The largest absolute Gasteiger partial charge is 0.394 e. The first-order chi connectivity index (χ1) is 8.67. The van der Waals surface area contributed by atoms with E-state index in [1.54, 1.807) is 0 Å². The Morgan fingerprint density at radius 2 is 2.22 bits per heavy atom. The third-order valence-corrected chi connectivity index (χ3v) is 4.21. The fraction of sp³-hybridized carbons (Fsp3) is 0.786. The first-order valence-electron chi connectivity index (χ1n) is 7.04. The van der Waals surface area contributed by atoms with Gasteiger partial charge in [0.2, 0.25) is 0 Å². The van der Waals surface area contributed by atoms with E-state index < -0.39 is 0 Å². The van der Waals surface area contributed by atoms with E-state index in [4.69, 9.17) is 0 Å². The molecule has 0 aromatic carbocycles. The number of aliphatic hydroxyl groups is 1. The minimum absolute atomic E-state index is 0.0686. The van der Waals surface area contributed by atoms with Crippen molar-refractivity contribution in [1.29, 1.82) is 0 Å². The molecule has 1 saturated carbocycles. The van der Waals surface area contributed by atoms with E-state index in [0.717, 1.165) is 31.8 Å². The van der Waals surface area contributed by atoms with Crippen LogP contribution in [-0.2, 0) is 13.1 Å². The zero-order valence-electron chi connectivity index (χ0n) is 11.5. The molecule has 2 N–H and O–H groups in total. The summed E-state index contributed by atoms with van der Waals surface area (Å²) in [7, 11) is 0. The molecule has 0 amide bonds. The molecule has 4 nitrogen and oxygen atoms in total. The molecule has 102 valence electrons. The van der Waals surface area contributed by atoms with Crippen molar-refractivity contribution in [2.24, 2.45) is 5.92 Å². The highest BCUT2D eigenvalue weighted by molar-refractivity contribution is 5.05. The van der Waals surface area contributed by atoms with Crippen LogP contribution in [0.25, 0.3) is 0 Å². The van der Waals surface area contributed by atoms with Crippen LogP contribution in [0.2, 0.25) is 0 Å². The number of hydrogen-bond acceptors (Lipinski definition) is 3. The summed E-state index contributed by atoms with van der Waals surface area (Å²) < 4.78 is 1.94. The Kier molecular flexibility index (Phi) is 4.40. The van der Waals surface area contributed by atoms with Gasteiger partial charge >= 0.3 is 0 Å². The highest BCUT2D eigenvalue weighted by Gasteiger charge is 2.32. The van der Waals surface area contributed by atoms with Crippen molar-refractivity contribution in [3.63, 3.8) is 0 Å². The van der Waals surface area contributed by atoms with Gasteiger partial charge in [-0.2, -0.15) is 5.10 Å². The van der Waals surface area contributed by atoms with E-state index in [1.165, 1.54) is 18.4 Å². The van der Waals surface area contributed by atoms with E-state index >= 15 is 0 Å². The smallest absolute Gasteiger partial charge is 0.0613 e. The highest BCUT2D eigenvalue weighted by atomic mass is 16.3. The Balaban J connectivity index is 1.90. The zero-order valence-corrected chi connectivity index (χ0v) is 11.5. The van der Waals surface area contributed by atoms with Gasteiger partial charge in [-0.25, -0.2) is 0 Å². The van der Waals surface area contributed by atoms with Gasteiger partial charge in [0.1, 0.15) is 0 Å². The van der Waals surface area contributed by atoms with Crippen molar-refractivity contribution in [1.82, 2.24) is 15.1 Å². The van der Waals surface area contributed by atoms with Crippen LogP contribution in [0.15, 0.2) is 12.4 Å². The molecule has 4 heteroatoms. The lowest BCUT2D eigenvalue weighted by Gasteiger charge is -2.39. The second-order valence-electron chi connectivity index (χ2n) is 5.68. The third kappa shape index (κ3) is 3.12. The molecular weight excluding hydrogens is 226 g/mol. The number of hydrogen-bond donors (Lipinski definition) is 2. The molecule has 0 spiro atoms. The lowest BCUT2D eigenvalue weighted by atomic mass is 9.77. The Labute approximate surface area is 109 Å². The van der Waals surface area contributed by atoms with Gasteiger partial charge in [-0.1, -0.05) is 6.92 Å². The van der Waals surface area contributed by atoms with Crippen LogP contribution in [-0.4, -0.2) is 27.0 Å². The van der Waals surface area contributed by atoms with Crippen LogP contribution >= 0.6 is 0 Å². The second kappa shape index (κ2) is 5.85. The van der Waals surface area contributed by atoms with E-state index in [9.17, 15) is 5.11 Å². The van der Waals surface area contributed by atoms with Crippen molar-refractivity contribution in [3.05, 3.63) is 18.0 Å². The summed E-state index contributed by atoms with van der Waals surface area (Å²) in [6.45, 7) is 6.33. The molecule has 1 fully saturated rings. The van der Waals surface area contributed by atoms with Crippen LogP contribution in [0.4, 0.5) is 0 Å². The fourth-order valence-corrected chi connectivity index (χ4v) is 2.67. The summed E-state index contributed by atoms with van der Waals surface area (Å²) in [5.41, 5.74) is 1.13. The summed E-state index contributed by atoms with van der Waals surface area (Å²) >= 11 is 0. The standard InChI is InChI=1S/C14H25N3O/c1-3-17-10-13(9-16-17)8-15-14(11-18)6-4-12(2)5-7-14/h9-10,12,15,18H,3-8,11H2,1-2H3. The van der Waals surface area contributed by atoms with Crippen LogP contribution in [0.5, 0.6) is 0 Å². The third-order valence-electron chi connectivity index (χ3n) is 4.21.